The summed E-state index contributed by atoms with van der Waals surface area (Å²) in [6.45, 7) is 6.23. The van der Waals surface area contributed by atoms with E-state index in [0.29, 0.717) is 30.7 Å². The van der Waals surface area contributed by atoms with Gasteiger partial charge in [0.25, 0.3) is 0 Å². The van der Waals surface area contributed by atoms with E-state index in [9.17, 15) is 9.59 Å². The topological polar surface area (TPSA) is 68.6 Å². The zero-order valence-electron chi connectivity index (χ0n) is 18.2. The van der Waals surface area contributed by atoms with Crippen molar-refractivity contribution < 1.29 is 14.3 Å². The zero-order valence-corrected chi connectivity index (χ0v) is 18.2. The molecule has 0 N–H and O–H groups in total. The van der Waals surface area contributed by atoms with Crippen LogP contribution in [0.1, 0.15) is 56.6 Å². The molecule has 1 unspecified atom stereocenters. The van der Waals surface area contributed by atoms with E-state index in [0.717, 1.165) is 16.8 Å². The number of esters is 1. The lowest BCUT2D eigenvalue weighted by Crippen LogP contribution is -2.38. The summed E-state index contributed by atoms with van der Waals surface area (Å²) in [6, 6.07) is 13.9. The number of ketones is 1. The Balaban J connectivity index is 1.75. The molecule has 5 nitrogen and oxygen atoms in total. The van der Waals surface area contributed by atoms with Gasteiger partial charge in [-0.2, -0.15) is 0 Å². The number of aliphatic imine (C=N–C) groups is 1. The molecular weight excluding hydrogens is 388 g/mol. The lowest BCUT2D eigenvalue weighted by atomic mass is 9.69. The molecule has 31 heavy (non-hydrogen) atoms. The Morgan fingerprint density at radius 1 is 1.06 bits per heavy atom. The largest absolute Gasteiger partial charge is 0.465 e. The van der Waals surface area contributed by atoms with Gasteiger partial charge in [0.2, 0.25) is 0 Å². The second-order valence-electron chi connectivity index (χ2n) is 8.81. The average Bonchev–Trinajstić information content (AvgIpc) is 2.77. The number of rotatable bonds is 5. The van der Waals surface area contributed by atoms with Crippen molar-refractivity contribution in [2.24, 2.45) is 16.8 Å². The predicted molar refractivity (Wildman–Crippen MR) is 120 cm³/mol. The van der Waals surface area contributed by atoms with Crippen LogP contribution in [0.2, 0.25) is 0 Å². The molecule has 0 fully saturated rings. The molecule has 1 aromatic heterocycles. The molecule has 2 aliphatic rings. The van der Waals surface area contributed by atoms with Crippen molar-refractivity contribution in [1.82, 2.24) is 4.98 Å². The maximum Gasteiger partial charge on any atom is 0.315 e. The minimum Gasteiger partial charge on any atom is -0.465 e. The Labute approximate surface area is 183 Å². The van der Waals surface area contributed by atoms with Crippen molar-refractivity contribution >= 4 is 17.5 Å². The molecule has 0 bridgehead atoms. The van der Waals surface area contributed by atoms with E-state index in [-0.39, 0.29) is 29.5 Å². The first-order chi connectivity index (χ1) is 15.0. The van der Waals surface area contributed by atoms with E-state index in [1.807, 2.05) is 51.1 Å². The summed E-state index contributed by atoms with van der Waals surface area (Å²) < 4.78 is 5.60. The minimum atomic E-state index is -0.600. The lowest BCUT2D eigenvalue weighted by Gasteiger charge is -2.36. The van der Waals surface area contributed by atoms with E-state index in [2.05, 4.69) is 17.1 Å². The first-order valence-corrected chi connectivity index (χ1v) is 10.9. The monoisotopic (exact) mass is 416 g/mol. The van der Waals surface area contributed by atoms with Gasteiger partial charge in [0.15, 0.2) is 5.78 Å². The van der Waals surface area contributed by atoms with Gasteiger partial charge < -0.3 is 4.74 Å². The molecule has 3 atom stereocenters. The van der Waals surface area contributed by atoms with Crippen molar-refractivity contribution in [1.29, 1.82) is 0 Å². The van der Waals surface area contributed by atoms with E-state index in [4.69, 9.17) is 9.73 Å². The van der Waals surface area contributed by atoms with Crippen LogP contribution in [0.5, 0.6) is 0 Å². The summed E-state index contributed by atoms with van der Waals surface area (Å²) in [5.41, 5.74) is 4.22. The Morgan fingerprint density at radius 2 is 1.77 bits per heavy atom. The van der Waals surface area contributed by atoms with Crippen LogP contribution in [0.4, 0.5) is 0 Å². The molecule has 2 aromatic rings. The highest BCUT2D eigenvalue weighted by molar-refractivity contribution is 6.09. The maximum atomic E-state index is 13.4. The van der Waals surface area contributed by atoms with Gasteiger partial charge in [-0.15, -0.1) is 0 Å². The average molecular weight is 417 g/mol. The number of nitrogens with zero attached hydrogens (tertiary/aromatic N) is 2. The smallest absolute Gasteiger partial charge is 0.315 e. The number of benzene rings is 1. The third-order valence-corrected chi connectivity index (χ3v) is 6.04. The first-order valence-electron chi connectivity index (χ1n) is 10.9. The number of ether oxygens (including phenoxy) is 1. The summed E-state index contributed by atoms with van der Waals surface area (Å²) in [4.78, 5) is 35.5. The van der Waals surface area contributed by atoms with Crippen LogP contribution in [0.3, 0.4) is 0 Å². The first kappa shape index (κ1) is 21.2. The van der Waals surface area contributed by atoms with Crippen LogP contribution in [0, 0.1) is 11.8 Å². The molecule has 0 amide bonds. The van der Waals surface area contributed by atoms with Crippen LogP contribution in [0.15, 0.2) is 71.1 Å². The summed E-state index contributed by atoms with van der Waals surface area (Å²) in [7, 11) is 0. The highest BCUT2D eigenvalue weighted by Crippen LogP contribution is 2.46. The molecule has 0 saturated heterocycles. The molecule has 0 saturated carbocycles. The Morgan fingerprint density at radius 3 is 2.45 bits per heavy atom. The molecule has 0 radical (unpaired) electrons. The van der Waals surface area contributed by atoms with Gasteiger partial charge in [-0.3, -0.25) is 19.6 Å². The van der Waals surface area contributed by atoms with E-state index in [1.54, 1.807) is 12.4 Å². The normalized spacial score (nSPS) is 23.4. The van der Waals surface area contributed by atoms with Gasteiger partial charge >= 0.3 is 5.97 Å². The standard InChI is InChI=1S/C26H28N2O3/c1-16(2)15-31-26(30)23-17(3)28-21-13-20(18-7-5-4-6-8-18)14-22(29)25(21)24(23)19-9-11-27-12-10-19/h4-12,16,20,23-24H,13-15H2,1-3H3/t20-,23?,24-/m1/s1. The zero-order chi connectivity index (χ0) is 22.0. The summed E-state index contributed by atoms with van der Waals surface area (Å²) in [5, 5.41) is 0. The van der Waals surface area contributed by atoms with Crippen molar-refractivity contribution in [2.75, 3.05) is 6.61 Å². The van der Waals surface area contributed by atoms with Crippen LogP contribution < -0.4 is 0 Å². The molecule has 160 valence electrons. The van der Waals surface area contributed by atoms with Gasteiger partial charge in [0.1, 0.15) is 5.92 Å². The fourth-order valence-corrected chi connectivity index (χ4v) is 4.60. The number of carbonyl (C=O) groups excluding carboxylic acids is 2. The van der Waals surface area contributed by atoms with Gasteiger partial charge in [0, 0.05) is 41.7 Å². The molecule has 0 spiro atoms. The molecular formula is C26H28N2O3. The third kappa shape index (κ3) is 4.36. The van der Waals surface area contributed by atoms with Crippen LogP contribution >= 0.6 is 0 Å². The summed E-state index contributed by atoms with van der Waals surface area (Å²) in [6.07, 6.45) is 4.52. The highest BCUT2D eigenvalue weighted by atomic mass is 16.5. The second-order valence-corrected chi connectivity index (χ2v) is 8.81. The summed E-state index contributed by atoms with van der Waals surface area (Å²) >= 11 is 0. The molecule has 2 heterocycles. The maximum absolute atomic E-state index is 13.4. The van der Waals surface area contributed by atoms with Crippen LogP contribution in [-0.2, 0) is 14.3 Å². The molecule has 4 rings (SSSR count). The predicted octanol–water partition coefficient (Wildman–Crippen LogP) is 4.86. The number of hydrogen-bond acceptors (Lipinski definition) is 5. The fraction of sp³-hybridized carbons (Fsp3) is 0.385. The number of allylic oxidation sites excluding steroid dienone is 2. The van der Waals surface area contributed by atoms with Gasteiger partial charge in [-0.25, -0.2) is 0 Å². The van der Waals surface area contributed by atoms with Gasteiger partial charge in [-0.05, 0) is 48.4 Å². The molecule has 1 aromatic carbocycles. The second kappa shape index (κ2) is 8.96. The van der Waals surface area contributed by atoms with E-state index in [1.165, 1.54) is 0 Å². The number of hydrogen-bond donors (Lipinski definition) is 0. The third-order valence-electron chi connectivity index (χ3n) is 6.04. The Hall–Kier alpha value is -3.08. The number of carbonyl (C=O) groups is 2. The number of aromatic nitrogens is 1. The SMILES string of the molecule is CC1=NC2=C(C(=O)C[C@H](c3ccccc3)C2)[C@H](c2ccncc2)C1C(=O)OCC(C)C. The van der Waals surface area contributed by atoms with Crippen LogP contribution in [-0.4, -0.2) is 29.1 Å². The Kier molecular flexibility index (Phi) is 6.12. The van der Waals surface area contributed by atoms with Crippen LogP contribution in [0.25, 0.3) is 0 Å². The number of pyridine rings is 1. The molecule has 1 aliphatic carbocycles. The quantitative estimate of drug-likeness (QED) is 0.653. The highest BCUT2D eigenvalue weighted by Gasteiger charge is 2.44. The van der Waals surface area contributed by atoms with Gasteiger partial charge in [0.05, 0.1) is 6.61 Å². The lowest BCUT2D eigenvalue weighted by molar-refractivity contribution is -0.147. The minimum absolute atomic E-state index is 0.0647. The molecule has 5 heteroatoms. The van der Waals surface area contributed by atoms with E-state index >= 15 is 0 Å². The fourth-order valence-electron chi connectivity index (χ4n) is 4.60. The van der Waals surface area contributed by atoms with Crippen molar-refractivity contribution in [3.63, 3.8) is 0 Å². The molecule has 1 aliphatic heterocycles. The van der Waals surface area contributed by atoms with E-state index < -0.39 is 5.92 Å². The van der Waals surface area contributed by atoms with Crippen molar-refractivity contribution in [3.8, 4) is 0 Å². The summed E-state index contributed by atoms with van der Waals surface area (Å²) in [5.74, 6) is -0.902. The van der Waals surface area contributed by atoms with Gasteiger partial charge in [-0.1, -0.05) is 44.2 Å². The number of Topliss-reactive ketones (excluding diaryl/α,β-unsaturated/α-hetero) is 1. The Bertz CT molecular complexity index is 1030. The van der Waals surface area contributed by atoms with Crippen molar-refractivity contribution in [3.05, 3.63) is 77.3 Å². The van der Waals surface area contributed by atoms with Crippen molar-refractivity contribution in [2.45, 2.75) is 45.4 Å².